The summed E-state index contributed by atoms with van der Waals surface area (Å²) in [4.78, 5) is 40.2. The Bertz CT molecular complexity index is 876. The summed E-state index contributed by atoms with van der Waals surface area (Å²) >= 11 is 4.21. The van der Waals surface area contributed by atoms with Crippen molar-refractivity contribution in [1.82, 2.24) is 15.5 Å². The molecule has 0 aliphatic heterocycles. The number of thiol groups is 1. The average Bonchev–Trinajstić information content (AvgIpc) is 2.71. The van der Waals surface area contributed by atoms with Crippen LogP contribution in [0.2, 0.25) is 0 Å². The van der Waals surface area contributed by atoms with Gasteiger partial charge in [-0.15, -0.1) is 0 Å². The van der Waals surface area contributed by atoms with Gasteiger partial charge in [0.1, 0.15) is 24.2 Å². The van der Waals surface area contributed by atoms with E-state index in [1.54, 1.807) is 26.8 Å². The van der Waals surface area contributed by atoms with Crippen molar-refractivity contribution in [2.75, 3.05) is 18.8 Å². The summed E-state index contributed by atoms with van der Waals surface area (Å²) in [6.45, 7) is 11.1. The number of alkyl carbamates (subject to hydrolysis) is 1. The lowest BCUT2D eigenvalue weighted by molar-refractivity contribution is -0.141. The lowest BCUT2D eigenvalue weighted by atomic mass is 9.96. The first-order chi connectivity index (χ1) is 15.4. The van der Waals surface area contributed by atoms with E-state index in [-0.39, 0.29) is 18.2 Å². The lowest BCUT2D eigenvalue weighted by Crippen LogP contribution is -2.54. The molecule has 0 aliphatic carbocycles. The first-order valence-corrected chi connectivity index (χ1v) is 11.7. The van der Waals surface area contributed by atoms with Gasteiger partial charge in [-0.05, 0) is 52.2 Å². The zero-order valence-corrected chi connectivity index (χ0v) is 21.3. The Hall–Kier alpha value is -2.73. The molecular weight excluding hydrogens is 440 g/mol. The molecule has 0 radical (unpaired) electrons. The highest BCUT2D eigenvalue weighted by atomic mass is 32.1. The van der Waals surface area contributed by atoms with E-state index >= 15 is 0 Å². The van der Waals surface area contributed by atoms with Gasteiger partial charge >= 0.3 is 6.09 Å². The van der Waals surface area contributed by atoms with Gasteiger partial charge < -0.3 is 20.3 Å². The molecule has 1 aromatic carbocycles. The van der Waals surface area contributed by atoms with Crippen LogP contribution in [0.1, 0.15) is 63.3 Å². The summed E-state index contributed by atoms with van der Waals surface area (Å²) in [5.74, 6) is -1.00. The number of nitrogens with one attached hydrogen (secondary N) is 2. The fraction of sp³-hybridized carbons (Fsp3) is 0.583. The van der Waals surface area contributed by atoms with E-state index in [1.165, 1.54) is 4.90 Å². The van der Waals surface area contributed by atoms with Gasteiger partial charge in [0.2, 0.25) is 11.8 Å². The van der Waals surface area contributed by atoms with E-state index in [1.807, 2.05) is 39.0 Å². The van der Waals surface area contributed by atoms with Gasteiger partial charge in [-0.1, -0.05) is 37.1 Å². The lowest BCUT2D eigenvalue weighted by Gasteiger charge is -2.33. The number of benzene rings is 1. The molecule has 182 valence electrons. The number of ether oxygens (including phenoxy) is 1. The van der Waals surface area contributed by atoms with Gasteiger partial charge in [0.25, 0.3) is 0 Å². The second-order valence-corrected chi connectivity index (χ2v) is 9.28. The number of carbonyl (C=O) groups is 3. The number of nitrogens with zero attached hydrogens (tertiary/aromatic N) is 2. The average molecular weight is 477 g/mol. The molecule has 0 heterocycles. The number of nitriles is 1. The molecule has 0 spiro atoms. The minimum atomic E-state index is -1.08. The molecule has 2 atom stereocenters. The molecule has 2 unspecified atom stereocenters. The molecule has 0 fully saturated rings. The Morgan fingerprint density at radius 2 is 1.91 bits per heavy atom. The van der Waals surface area contributed by atoms with Crippen LogP contribution in [-0.2, 0) is 14.3 Å². The first kappa shape index (κ1) is 28.3. The van der Waals surface area contributed by atoms with E-state index in [0.29, 0.717) is 12.1 Å². The van der Waals surface area contributed by atoms with E-state index < -0.39 is 29.7 Å². The van der Waals surface area contributed by atoms with Crippen LogP contribution in [-0.4, -0.2) is 53.3 Å². The van der Waals surface area contributed by atoms with Crippen LogP contribution in [0.5, 0.6) is 0 Å². The van der Waals surface area contributed by atoms with Gasteiger partial charge in [-0.2, -0.15) is 17.9 Å². The van der Waals surface area contributed by atoms with E-state index in [9.17, 15) is 19.6 Å². The van der Waals surface area contributed by atoms with Gasteiger partial charge in [-0.25, -0.2) is 4.79 Å². The molecule has 0 bridgehead atoms. The molecule has 33 heavy (non-hydrogen) atoms. The predicted octanol–water partition coefficient (Wildman–Crippen LogP) is 3.44. The van der Waals surface area contributed by atoms with Crippen LogP contribution in [0.25, 0.3) is 0 Å². The Morgan fingerprint density at radius 3 is 2.42 bits per heavy atom. The molecular formula is C24H36N4O4S. The number of unbranched alkanes of at least 4 members (excludes halogenated alkanes) is 1. The van der Waals surface area contributed by atoms with Crippen LogP contribution >= 0.6 is 12.6 Å². The quantitative estimate of drug-likeness (QED) is 0.272. The van der Waals surface area contributed by atoms with E-state index in [4.69, 9.17) is 4.74 Å². The largest absolute Gasteiger partial charge is 0.444 e. The Morgan fingerprint density at radius 1 is 1.24 bits per heavy atom. The van der Waals surface area contributed by atoms with Crippen molar-refractivity contribution < 1.29 is 19.1 Å². The molecule has 0 aliphatic rings. The van der Waals surface area contributed by atoms with Gasteiger partial charge in [0.15, 0.2) is 0 Å². The summed E-state index contributed by atoms with van der Waals surface area (Å²) in [6, 6.07) is 5.45. The molecule has 1 rings (SSSR count). The van der Waals surface area contributed by atoms with Gasteiger partial charge in [0.05, 0.1) is 6.07 Å². The molecule has 1 aromatic rings. The minimum Gasteiger partial charge on any atom is -0.444 e. The normalized spacial score (nSPS) is 12.8. The maximum absolute atomic E-state index is 13.5. The maximum Gasteiger partial charge on any atom is 0.408 e. The summed E-state index contributed by atoms with van der Waals surface area (Å²) < 4.78 is 5.25. The molecule has 0 aromatic heterocycles. The van der Waals surface area contributed by atoms with Crippen LogP contribution in [0.15, 0.2) is 18.2 Å². The number of rotatable bonds is 10. The first-order valence-electron chi connectivity index (χ1n) is 11.1. The summed E-state index contributed by atoms with van der Waals surface area (Å²) in [5, 5.41) is 14.9. The standard InChI is InChI=1S/C24H36N4O4S/c1-7-8-12-26-21(29)20(18-10-9-16(2)14-17(18)3)28(13-11-25)22(30)19(15-33)27-23(31)32-24(4,5)6/h9-10,14,19-20,33H,7-8,12-13,15H2,1-6H3,(H,26,29)(H,27,31). The number of hydrogen-bond donors (Lipinski definition) is 3. The highest BCUT2D eigenvalue weighted by molar-refractivity contribution is 7.80. The van der Waals surface area contributed by atoms with Gasteiger partial charge in [-0.3, -0.25) is 9.59 Å². The fourth-order valence-electron chi connectivity index (χ4n) is 3.28. The van der Waals surface area contributed by atoms with Crippen molar-refractivity contribution >= 4 is 30.5 Å². The maximum atomic E-state index is 13.5. The second kappa shape index (κ2) is 13.1. The summed E-state index contributed by atoms with van der Waals surface area (Å²) in [7, 11) is 0. The molecule has 0 saturated heterocycles. The zero-order chi connectivity index (χ0) is 25.2. The van der Waals surface area contributed by atoms with Crippen LogP contribution in [0.4, 0.5) is 4.79 Å². The molecule has 0 saturated carbocycles. The topological polar surface area (TPSA) is 112 Å². The SMILES string of the molecule is CCCCNC(=O)C(c1ccc(C)cc1C)N(CC#N)C(=O)C(CS)NC(=O)OC(C)(C)C. The molecule has 8 nitrogen and oxygen atoms in total. The van der Waals surface area contributed by atoms with E-state index in [0.717, 1.165) is 24.0 Å². The van der Waals surface area contributed by atoms with Crippen molar-refractivity contribution in [3.05, 3.63) is 34.9 Å². The molecule has 3 amide bonds. The third kappa shape index (κ3) is 8.97. The van der Waals surface area contributed by atoms with Crippen molar-refractivity contribution in [3.63, 3.8) is 0 Å². The monoisotopic (exact) mass is 476 g/mol. The van der Waals surface area contributed by atoms with Crippen LogP contribution in [0.3, 0.4) is 0 Å². The smallest absolute Gasteiger partial charge is 0.408 e. The predicted molar refractivity (Wildman–Crippen MR) is 131 cm³/mol. The Labute approximate surface area is 202 Å². The number of carbonyl (C=O) groups excluding carboxylic acids is 3. The van der Waals surface area contributed by atoms with Crippen LogP contribution < -0.4 is 10.6 Å². The highest BCUT2D eigenvalue weighted by Gasteiger charge is 2.36. The Balaban J connectivity index is 3.35. The van der Waals surface area contributed by atoms with Gasteiger partial charge in [0, 0.05) is 12.3 Å². The van der Waals surface area contributed by atoms with E-state index in [2.05, 4.69) is 23.3 Å². The second-order valence-electron chi connectivity index (χ2n) is 8.91. The zero-order valence-electron chi connectivity index (χ0n) is 20.4. The minimum absolute atomic E-state index is 0.0307. The van der Waals surface area contributed by atoms with Crippen molar-refractivity contribution in [2.45, 2.75) is 72.1 Å². The summed E-state index contributed by atoms with van der Waals surface area (Å²) in [6.07, 6.45) is 0.913. The highest BCUT2D eigenvalue weighted by Crippen LogP contribution is 2.26. The Kier molecular flexibility index (Phi) is 11.2. The number of aryl methyl sites for hydroxylation is 2. The van der Waals surface area contributed by atoms with Crippen molar-refractivity contribution in [1.29, 1.82) is 5.26 Å². The van der Waals surface area contributed by atoms with Crippen molar-refractivity contribution in [2.24, 2.45) is 0 Å². The summed E-state index contributed by atoms with van der Waals surface area (Å²) in [5.41, 5.74) is 1.71. The number of hydrogen-bond acceptors (Lipinski definition) is 6. The van der Waals surface area contributed by atoms with Crippen LogP contribution in [0, 0.1) is 25.2 Å². The third-order valence-electron chi connectivity index (χ3n) is 4.81. The molecule has 9 heteroatoms. The van der Waals surface area contributed by atoms with Crippen molar-refractivity contribution in [3.8, 4) is 6.07 Å². The number of amides is 3. The fourth-order valence-corrected chi connectivity index (χ4v) is 3.52. The molecule has 2 N–H and O–H groups in total. The third-order valence-corrected chi connectivity index (χ3v) is 5.17.